The number of anilines is 1. The maximum atomic E-state index is 4.81. The van der Waals surface area contributed by atoms with Crippen LogP contribution in [0.2, 0.25) is 0 Å². The van der Waals surface area contributed by atoms with Gasteiger partial charge in [0, 0.05) is 31.3 Å². The molecule has 0 aliphatic carbocycles. The van der Waals surface area contributed by atoms with Crippen molar-refractivity contribution in [2.75, 3.05) is 25.0 Å². The van der Waals surface area contributed by atoms with Gasteiger partial charge in [0.25, 0.3) is 0 Å². The van der Waals surface area contributed by atoms with E-state index in [2.05, 4.69) is 37.5 Å². The van der Waals surface area contributed by atoms with Gasteiger partial charge in [0.05, 0.1) is 11.9 Å². The molecule has 0 saturated carbocycles. The molecular formula is C17H25N9. The summed E-state index contributed by atoms with van der Waals surface area (Å²) in [5.41, 5.74) is 15.0. The van der Waals surface area contributed by atoms with Gasteiger partial charge < -0.3 is 10.6 Å². The molecule has 2 aliphatic heterocycles. The first-order valence-electron chi connectivity index (χ1n) is 9.17. The molecule has 9 heteroatoms. The fraction of sp³-hybridized carbons (Fsp3) is 0.471. The number of fused-ring (bicyclic) bond motifs is 1. The standard InChI is InChI=1S/C17H25N9/c1-2-8-19-14(4-1)17-21-13-7-11-18-10-6-12(13)16(22-17)20-9-3-5-15-23-25-26-24-15/h1-2,4,8,15,18,23-26H,3,5-7,9-11H2,(H,20,21,22). The minimum Gasteiger partial charge on any atom is -0.370 e. The van der Waals surface area contributed by atoms with Crippen LogP contribution in [0.1, 0.15) is 24.1 Å². The molecule has 0 unspecified atom stereocenters. The highest BCUT2D eigenvalue weighted by atomic mass is 15.8. The lowest BCUT2D eigenvalue weighted by Gasteiger charge is -2.15. The van der Waals surface area contributed by atoms with E-state index < -0.39 is 0 Å². The van der Waals surface area contributed by atoms with Gasteiger partial charge in [-0.3, -0.25) is 4.98 Å². The van der Waals surface area contributed by atoms with E-state index in [0.717, 1.165) is 62.5 Å². The summed E-state index contributed by atoms with van der Waals surface area (Å²) < 4.78 is 0. The molecule has 26 heavy (non-hydrogen) atoms. The van der Waals surface area contributed by atoms with Crippen LogP contribution in [0.5, 0.6) is 0 Å². The van der Waals surface area contributed by atoms with Gasteiger partial charge in [0.1, 0.15) is 11.5 Å². The number of nitrogens with zero attached hydrogens (tertiary/aromatic N) is 3. The minimum absolute atomic E-state index is 0.229. The number of rotatable bonds is 6. The molecule has 4 heterocycles. The number of aromatic nitrogens is 3. The first-order chi connectivity index (χ1) is 12.9. The Labute approximate surface area is 152 Å². The number of hydrazine groups is 3. The predicted octanol–water partition coefficient (Wildman–Crippen LogP) is -0.138. The second-order valence-electron chi connectivity index (χ2n) is 6.45. The van der Waals surface area contributed by atoms with Crippen molar-refractivity contribution in [1.29, 1.82) is 0 Å². The molecule has 138 valence electrons. The molecule has 1 fully saturated rings. The van der Waals surface area contributed by atoms with Crippen LogP contribution in [0.3, 0.4) is 0 Å². The topological polar surface area (TPSA) is 111 Å². The third-order valence-corrected chi connectivity index (χ3v) is 4.59. The third-order valence-electron chi connectivity index (χ3n) is 4.59. The van der Waals surface area contributed by atoms with Crippen LogP contribution < -0.4 is 32.6 Å². The molecule has 0 spiro atoms. The normalized spacial score (nSPS) is 17.7. The van der Waals surface area contributed by atoms with Crippen molar-refractivity contribution in [3.63, 3.8) is 0 Å². The van der Waals surface area contributed by atoms with E-state index in [-0.39, 0.29) is 6.17 Å². The number of nitrogens with one attached hydrogen (secondary N) is 6. The lowest BCUT2D eigenvalue weighted by molar-refractivity contribution is 0.479. The molecule has 4 rings (SSSR count). The molecule has 9 nitrogen and oxygen atoms in total. The highest BCUT2D eigenvalue weighted by molar-refractivity contribution is 5.57. The van der Waals surface area contributed by atoms with Gasteiger partial charge in [-0.1, -0.05) is 6.07 Å². The second-order valence-corrected chi connectivity index (χ2v) is 6.45. The molecule has 0 aromatic carbocycles. The largest absolute Gasteiger partial charge is 0.370 e. The van der Waals surface area contributed by atoms with Crippen molar-refractivity contribution >= 4 is 5.82 Å². The monoisotopic (exact) mass is 355 g/mol. The first-order valence-corrected chi connectivity index (χ1v) is 9.17. The molecule has 6 N–H and O–H groups in total. The van der Waals surface area contributed by atoms with Crippen molar-refractivity contribution < 1.29 is 0 Å². The van der Waals surface area contributed by atoms with Gasteiger partial charge in [0.15, 0.2) is 5.82 Å². The molecule has 2 aromatic rings. The molecule has 0 amide bonds. The van der Waals surface area contributed by atoms with Crippen molar-refractivity contribution in [1.82, 2.24) is 42.2 Å². The number of hydrogen-bond donors (Lipinski definition) is 6. The summed E-state index contributed by atoms with van der Waals surface area (Å²) in [6, 6.07) is 5.83. The van der Waals surface area contributed by atoms with Crippen LogP contribution >= 0.6 is 0 Å². The van der Waals surface area contributed by atoms with E-state index in [4.69, 9.17) is 9.97 Å². The lowest BCUT2D eigenvalue weighted by Crippen LogP contribution is -2.33. The maximum Gasteiger partial charge on any atom is 0.180 e. The van der Waals surface area contributed by atoms with Gasteiger partial charge >= 0.3 is 0 Å². The quantitative estimate of drug-likeness (QED) is 0.395. The first kappa shape index (κ1) is 17.3. The van der Waals surface area contributed by atoms with Gasteiger partial charge in [-0.15, -0.1) is 0 Å². The summed E-state index contributed by atoms with van der Waals surface area (Å²) in [4.78, 5) is 14.0. The van der Waals surface area contributed by atoms with E-state index in [1.807, 2.05) is 18.2 Å². The van der Waals surface area contributed by atoms with Crippen LogP contribution in [0.25, 0.3) is 11.5 Å². The molecule has 2 aliphatic rings. The van der Waals surface area contributed by atoms with Crippen molar-refractivity contribution in [3.8, 4) is 11.5 Å². The minimum atomic E-state index is 0.229. The zero-order valence-corrected chi connectivity index (χ0v) is 14.7. The van der Waals surface area contributed by atoms with Gasteiger partial charge in [-0.05, 0) is 37.9 Å². The molecule has 0 bridgehead atoms. The Kier molecular flexibility index (Phi) is 5.62. The lowest BCUT2D eigenvalue weighted by atomic mass is 10.1. The maximum absolute atomic E-state index is 4.81. The SMILES string of the molecule is c1ccc(-c2nc3c(c(NCCCC4NNNN4)n2)CCNCC3)nc1. The Morgan fingerprint density at radius 3 is 2.81 bits per heavy atom. The van der Waals surface area contributed by atoms with Gasteiger partial charge in [-0.25, -0.2) is 20.8 Å². The Morgan fingerprint density at radius 2 is 1.96 bits per heavy atom. The van der Waals surface area contributed by atoms with Gasteiger partial charge in [-0.2, -0.15) is 11.1 Å². The molecular weight excluding hydrogens is 330 g/mol. The molecule has 0 atom stereocenters. The fourth-order valence-corrected chi connectivity index (χ4v) is 3.24. The van der Waals surface area contributed by atoms with E-state index in [0.29, 0.717) is 5.82 Å². The summed E-state index contributed by atoms with van der Waals surface area (Å²) in [6.07, 6.45) is 5.88. The summed E-state index contributed by atoms with van der Waals surface area (Å²) in [6.45, 7) is 2.77. The van der Waals surface area contributed by atoms with E-state index >= 15 is 0 Å². The van der Waals surface area contributed by atoms with Crippen LogP contribution in [0.4, 0.5) is 5.82 Å². The summed E-state index contributed by atoms with van der Waals surface area (Å²) in [5, 5.41) is 6.98. The van der Waals surface area contributed by atoms with Gasteiger partial charge in [0.2, 0.25) is 0 Å². The van der Waals surface area contributed by atoms with Crippen molar-refractivity contribution in [2.45, 2.75) is 31.8 Å². The Morgan fingerprint density at radius 1 is 1.08 bits per heavy atom. The molecule has 0 radical (unpaired) electrons. The van der Waals surface area contributed by atoms with Crippen molar-refractivity contribution in [2.24, 2.45) is 0 Å². The smallest absolute Gasteiger partial charge is 0.180 e. The van der Waals surface area contributed by atoms with Crippen LogP contribution in [-0.2, 0) is 12.8 Å². The average molecular weight is 355 g/mol. The van der Waals surface area contributed by atoms with E-state index in [1.165, 1.54) is 5.56 Å². The second kappa shape index (κ2) is 8.47. The third kappa shape index (κ3) is 4.14. The number of hydrogen-bond acceptors (Lipinski definition) is 9. The van der Waals surface area contributed by atoms with Crippen LogP contribution in [0, 0.1) is 0 Å². The highest BCUT2D eigenvalue weighted by Gasteiger charge is 2.18. The average Bonchev–Trinajstić information content (AvgIpc) is 3.09. The Bertz CT molecular complexity index is 716. The molecule has 2 aromatic heterocycles. The van der Waals surface area contributed by atoms with Crippen LogP contribution in [-0.4, -0.2) is 40.8 Å². The van der Waals surface area contributed by atoms with E-state index in [9.17, 15) is 0 Å². The van der Waals surface area contributed by atoms with Crippen molar-refractivity contribution in [3.05, 3.63) is 35.7 Å². The Balaban J connectivity index is 1.51. The summed E-state index contributed by atoms with van der Waals surface area (Å²) in [5.74, 6) is 1.64. The Hall–Kier alpha value is -2.17. The number of pyridine rings is 1. The fourth-order valence-electron chi connectivity index (χ4n) is 3.24. The zero-order chi connectivity index (χ0) is 17.6. The zero-order valence-electron chi connectivity index (χ0n) is 14.7. The molecule has 1 saturated heterocycles. The van der Waals surface area contributed by atoms with Crippen LogP contribution in [0.15, 0.2) is 24.4 Å². The predicted molar refractivity (Wildman–Crippen MR) is 99.6 cm³/mol. The summed E-state index contributed by atoms with van der Waals surface area (Å²) in [7, 11) is 0. The summed E-state index contributed by atoms with van der Waals surface area (Å²) >= 11 is 0. The highest BCUT2D eigenvalue weighted by Crippen LogP contribution is 2.23. The van der Waals surface area contributed by atoms with E-state index in [1.54, 1.807) is 6.20 Å².